The molecule has 1 aromatic heterocycles. The van der Waals surface area contributed by atoms with Crippen molar-refractivity contribution in [3.8, 4) is 17.1 Å². The molecule has 7 nitrogen and oxygen atoms in total. The minimum atomic E-state index is -0.760. The summed E-state index contributed by atoms with van der Waals surface area (Å²) in [5.41, 5.74) is 1.15. The number of methoxy groups -OCH3 is 1. The van der Waals surface area contributed by atoms with Gasteiger partial charge in [0, 0.05) is 11.3 Å². The Labute approximate surface area is 171 Å². The normalized spacial score (nSPS) is 10.3. The number of amides is 1. The lowest BCUT2D eigenvalue weighted by Gasteiger charge is -2.09. The van der Waals surface area contributed by atoms with E-state index in [2.05, 4.69) is 5.32 Å². The molecule has 1 N–H and O–H groups in total. The van der Waals surface area contributed by atoms with Gasteiger partial charge in [-0.05, 0) is 54.6 Å². The first-order valence-electron chi connectivity index (χ1n) is 8.46. The molecule has 0 aliphatic heterocycles. The molecule has 29 heavy (non-hydrogen) atoms. The average Bonchev–Trinajstić information content (AvgIpc) is 3.22. The number of hydrogen-bond acceptors (Lipinski definition) is 6. The van der Waals surface area contributed by atoms with Gasteiger partial charge in [0.05, 0.1) is 17.7 Å². The summed E-state index contributed by atoms with van der Waals surface area (Å²) < 4.78 is 15.4. The van der Waals surface area contributed by atoms with E-state index in [1.165, 1.54) is 18.2 Å². The summed E-state index contributed by atoms with van der Waals surface area (Å²) in [6.45, 7) is -0.485. The Morgan fingerprint density at radius 3 is 2.52 bits per heavy atom. The van der Waals surface area contributed by atoms with Crippen LogP contribution in [0.1, 0.15) is 20.9 Å². The van der Waals surface area contributed by atoms with E-state index in [1.807, 2.05) is 0 Å². The quantitative estimate of drug-likeness (QED) is 0.460. The smallest absolute Gasteiger partial charge is 0.340 e. The Balaban J connectivity index is 1.64. The van der Waals surface area contributed by atoms with Crippen LogP contribution in [0.15, 0.2) is 59.0 Å². The van der Waals surface area contributed by atoms with Gasteiger partial charge >= 0.3 is 5.97 Å². The first kappa shape index (κ1) is 20.2. The zero-order valence-corrected chi connectivity index (χ0v) is 16.1. The number of carbonyl (C=O) groups is 3. The van der Waals surface area contributed by atoms with Crippen molar-refractivity contribution < 1.29 is 28.3 Å². The fourth-order valence-electron chi connectivity index (χ4n) is 2.49. The van der Waals surface area contributed by atoms with E-state index in [9.17, 15) is 14.4 Å². The van der Waals surface area contributed by atoms with Crippen LogP contribution in [-0.4, -0.2) is 31.9 Å². The van der Waals surface area contributed by atoms with Crippen molar-refractivity contribution in [1.29, 1.82) is 0 Å². The molecular formula is C21H16ClNO6. The molecule has 0 aliphatic carbocycles. The van der Waals surface area contributed by atoms with Gasteiger partial charge in [-0.2, -0.15) is 0 Å². The summed E-state index contributed by atoms with van der Waals surface area (Å²) >= 11 is 6.08. The molecule has 0 spiro atoms. The van der Waals surface area contributed by atoms with Crippen molar-refractivity contribution >= 4 is 35.5 Å². The van der Waals surface area contributed by atoms with Crippen molar-refractivity contribution in [3.05, 3.63) is 70.9 Å². The highest BCUT2D eigenvalue weighted by Gasteiger charge is 2.16. The third-order valence-corrected chi connectivity index (χ3v) is 4.25. The van der Waals surface area contributed by atoms with Crippen molar-refractivity contribution in [1.82, 2.24) is 0 Å². The minimum absolute atomic E-state index is 0.0745. The molecule has 1 amide bonds. The van der Waals surface area contributed by atoms with Crippen LogP contribution in [0.5, 0.6) is 5.75 Å². The van der Waals surface area contributed by atoms with Crippen LogP contribution < -0.4 is 10.1 Å². The molecule has 0 bridgehead atoms. The molecular weight excluding hydrogens is 398 g/mol. The van der Waals surface area contributed by atoms with E-state index in [0.717, 1.165) is 0 Å². The van der Waals surface area contributed by atoms with E-state index in [0.29, 0.717) is 29.0 Å². The predicted octanol–water partition coefficient (Wildman–Crippen LogP) is 4.22. The van der Waals surface area contributed by atoms with E-state index in [4.69, 9.17) is 25.5 Å². The third-order valence-electron chi connectivity index (χ3n) is 3.92. The van der Waals surface area contributed by atoms with Gasteiger partial charge in [-0.3, -0.25) is 9.59 Å². The van der Waals surface area contributed by atoms with E-state index < -0.39 is 18.5 Å². The Morgan fingerprint density at radius 2 is 1.86 bits per heavy atom. The lowest BCUT2D eigenvalue weighted by molar-refractivity contribution is -0.119. The van der Waals surface area contributed by atoms with E-state index >= 15 is 0 Å². The fraction of sp³-hybridized carbons (Fsp3) is 0.0952. The standard InChI is InChI=1S/C21H16ClNO6/c1-27-15-5-3-14(4-6-15)23-20(25)12-28-21(26)17-10-13(2-8-18(17)22)19-9-7-16(11-24)29-19/h2-11H,12H2,1H3,(H,23,25). The molecule has 0 aliphatic rings. The highest BCUT2D eigenvalue weighted by molar-refractivity contribution is 6.33. The number of benzene rings is 2. The number of halogens is 1. The fourth-order valence-corrected chi connectivity index (χ4v) is 2.68. The first-order valence-corrected chi connectivity index (χ1v) is 8.84. The summed E-state index contributed by atoms with van der Waals surface area (Å²) in [6.07, 6.45) is 0.579. The number of carbonyl (C=O) groups excluding carboxylic acids is 3. The van der Waals surface area contributed by atoms with Crippen molar-refractivity contribution in [2.75, 3.05) is 19.0 Å². The molecule has 3 rings (SSSR count). The van der Waals surface area contributed by atoms with Gasteiger partial charge in [0.25, 0.3) is 5.91 Å². The molecule has 0 radical (unpaired) electrons. The zero-order chi connectivity index (χ0) is 20.8. The molecule has 0 atom stereocenters. The van der Waals surface area contributed by atoms with Gasteiger partial charge in [-0.25, -0.2) is 4.79 Å². The monoisotopic (exact) mass is 413 g/mol. The number of hydrogen-bond donors (Lipinski definition) is 1. The Kier molecular flexibility index (Phi) is 6.31. The molecule has 0 saturated carbocycles. The molecule has 8 heteroatoms. The van der Waals surface area contributed by atoms with Crippen LogP contribution >= 0.6 is 11.6 Å². The van der Waals surface area contributed by atoms with Gasteiger partial charge in [0.2, 0.25) is 0 Å². The van der Waals surface area contributed by atoms with Gasteiger partial charge in [-0.15, -0.1) is 0 Å². The number of nitrogens with one attached hydrogen (secondary N) is 1. The van der Waals surface area contributed by atoms with Gasteiger partial charge in [0.15, 0.2) is 18.7 Å². The summed E-state index contributed by atoms with van der Waals surface area (Å²) in [4.78, 5) is 35.1. The van der Waals surface area contributed by atoms with Crippen LogP contribution in [-0.2, 0) is 9.53 Å². The molecule has 0 fully saturated rings. The lowest BCUT2D eigenvalue weighted by Crippen LogP contribution is -2.21. The van der Waals surface area contributed by atoms with Crippen LogP contribution in [0.2, 0.25) is 5.02 Å². The van der Waals surface area contributed by atoms with Crippen molar-refractivity contribution in [3.63, 3.8) is 0 Å². The number of esters is 1. The van der Waals surface area contributed by atoms with Gasteiger partial charge in [0.1, 0.15) is 11.5 Å². The molecule has 2 aromatic carbocycles. The molecule has 0 unspecified atom stereocenters. The highest BCUT2D eigenvalue weighted by Crippen LogP contribution is 2.27. The Morgan fingerprint density at radius 1 is 1.10 bits per heavy atom. The second-order valence-electron chi connectivity index (χ2n) is 5.87. The van der Waals surface area contributed by atoms with Crippen LogP contribution in [0.3, 0.4) is 0 Å². The summed E-state index contributed by atoms with van der Waals surface area (Å²) in [5.74, 6) is -0.0496. The Hall–Kier alpha value is -3.58. The highest BCUT2D eigenvalue weighted by atomic mass is 35.5. The number of rotatable bonds is 7. The van der Waals surface area contributed by atoms with Gasteiger partial charge < -0.3 is 19.2 Å². The molecule has 1 heterocycles. The number of anilines is 1. The van der Waals surface area contributed by atoms with E-state index in [-0.39, 0.29) is 16.3 Å². The van der Waals surface area contributed by atoms with Crippen LogP contribution in [0, 0.1) is 0 Å². The van der Waals surface area contributed by atoms with Crippen LogP contribution in [0.25, 0.3) is 11.3 Å². The van der Waals surface area contributed by atoms with Gasteiger partial charge in [-0.1, -0.05) is 11.6 Å². The maximum Gasteiger partial charge on any atom is 0.340 e. The molecule has 0 saturated heterocycles. The second-order valence-corrected chi connectivity index (χ2v) is 6.27. The number of furan rings is 1. The topological polar surface area (TPSA) is 94.8 Å². The first-order chi connectivity index (χ1) is 14.0. The van der Waals surface area contributed by atoms with Crippen molar-refractivity contribution in [2.24, 2.45) is 0 Å². The SMILES string of the molecule is COc1ccc(NC(=O)COC(=O)c2cc(-c3ccc(C=O)o3)ccc2Cl)cc1. The summed E-state index contributed by atoms with van der Waals surface area (Å²) in [5, 5.41) is 2.77. The van der Waals surface area contributed by atoms with E-state index in [1.54, 1.807) is 43.5 Å². The summed E-state index contributed by atoms with van der Waals surface area (Å²) in [6, 6.07) is 14.4. The van der Waals surface area contributed by atoms with Crippen molar-refractivity contribution in [2.45, 2.75) is 0 Å². The molecule has 3 aromatic rings. The predicted molar refractivity (Wildman–Crippen MR) is 106 cm³/mol. The summed E-state index contributed by atoms with van der Waals surface area (Å²) in [7, 11) is 1.54. The second kappa shape index (κ2) is 9.07. The maximum atomic E-state index is 12.4. The average molecular weight is 414 g/mol. The number of aldehydes is 1. The number of ether oxygens (including phenoxy) is 2. The minimum Gasteiger partial charge on any atom is -0.497 e. The maximum absolute atomic E-state index is 12.4. The Bertz CT molecular complexity index is 1040. The largest absolute Gasteiger partial charge is 0.497 e. The molecule has 148 valence electrons. The third kappa shape index (κ3) is 5.03. The lowest BCUT2D eigenvalue weighted by atomic mass is 10.1. The zero-order valence-electron chi connectivity index (χ0n) is 15.3. The van der Waals surface area contributed by atoms with Crippen LogP contribution in [0.4, 0.5) is 5.69 Å².